The molecule has 2 spiro atoms. The summed E-state index contributed by atoms with van der Waals surface area (Å²) in [5.74, 6) is 1.89. The first-order valence-electron chi connectivity index (χ1n) is 19.4. The summed E-state index contributed by atoms with van der Waals surface area (Å²) in [5, 5.41) is 41.3. The van der Waals surface area contributed by atoms with E-state index in [-0.39, 0.29) is 63.1 Å². The molecule has 0 aromatic heterocycles. The van der Waals surface area contributed by atoms with Gasteiger partial charge >= 0.3 is 17.1 Å². The van der Waals surface area contributed by atoms with Crippen molar-refractivity contribution in [3.8, 4) is 23.0 Å². The van der Waals surface area contributed by atoms with Gasteiger partial charge in [-0.2, -0.15) is 0 Å². The van der Waals surface area contributed by atoms with Crippen LogP contribution in [0.15, 0.2) is 48.6 Å². The minimum atomic E-state index is -3.92. The van der Waals surface area contributed by atoms with Gasteiger partial charge in [-0.25, -0.2) is 16.8 Å². The van der Waals surface area contributed by atoms with Crippen molar-refractivity contribution in [1.29, 1.82) is 0 Å². The van der Waals surface area contributed by atoms with Crippen molar-refractivity contribution >= 4 is 20.2 Å². The Morgan fingerprint density at radius 2 is 1.05 bits per heavy atom. The molecule has 0 radical (unpaired) electrons. The molecule has 2 aromatic rings. The second kappa shape index (κ2) is 16.1. The number of benzene rings is 2. The Balaban J connectivity index is 0.000000144. The largest absolute Gasteiger partial charge is 2.00 e. The standard InChI is InChI=1S/2C17H19NO3.2C3H8O3S.Fe/c2*1-18-7-6-17-10-3-5-13(20)16(17)21-15-12(19)4-2-9(14(15)17)8-11(10)18;2*1-2-3-7(4,5)6;/h2*2-5,10-11,13,16,19-20H,6-8H2,1H3;2*2-3H2,1H3,(H,4,5,6);/q;;;;+2/p-2/t2*10-,11+,13-,16-,17-;;;/m00.../s1. The number of phenols is 2. The second-order valence-corrected chi connectivity index (χ2v) is 19.4. The van der Waals surface area contributed by atoms with Crippen LogP contribution in [0.4, 0.5) is 0 Å². The van der Waals surface area contributed by atoms with Crippen LogP contribution in [0.5, 0.6) is 23.0 Å². The van der Waals surface area contributed by atoms with Gasteiger partial charge in [0.1, 0.15) is 24.4 Å². The second-order valence-electron chi connectivity index (χ2n) is 16.4. The van der Waals surface area contributed by atoms with E-state index in [1.165, 1.54) is 22.3 Å². The van der Waals surface area contributed by atoms with Crippen molar-refractivity contribution in [2.24, 2.45) is 11.8 Å². The molecule has 4 heterocycles. The third kappa shape index (κ3) is 7.44. The van der Waals surface area contributed by atoms with E-state index in [0.29, 0.717) is 48.3 Å². The van der Waals surface area contributed by atoms with Gasteiger partial charge in [-0.05, 0) is 89.0 Å². The first-order chi connectivity index (χ1) is 26.4. The van der Waals surface area contributed by atoms with Crippen LogP contribution in [0.3, 0.4) is 0 Å². The topological polar surface area (TPSA) is 220 Å². The molecule has 4 bridgehead atoms. The number of rotatable bonds is 4. The van der Waals surface area contributed by atoms with E-state index in [2.05, 4.69) is 36.0 Å². The number of hydrogen-bond acceptors (Lipinski definition) is 14. The summed E-state index contributed by atoms with van der Waals surface area (Å²) in [5.41, 5.74) is 4.58. The van der Waals surface area contributed by atoms with Gasteiger partial charge in [0, 0.05) is 57.4 Å². The minimum Gasteiger partial charge on any atom is -0.748 e. The quantitative estimate of drug-likeness (QED) is 0.197. The van der Waals surface area contributed by atoms with Gasteiger partial charge in [0.25, 0.3) is 0 Å². The summed E-state index contributed by atoms with van der Waals surface area (Å²) >= 11 is 0. The number of likely N-dealkylation sites (N-methyl/N-ethyl adjacent to an activating group) is 2. The van der Waals surface area contributed by atoms with E-state index in [9.17, 15) is 46.4 Å². The fourth-order valence-electron chi connectivity index (χ4n) is 11.0. The molecule has 10 rings (SSSR count). The summed E-state index contributed by atoms with van der Waals surface area (Å²) in [4.78, 5) is 4.87. The van der Waals surface area contributed by atoms with Crippen LogP contribution in [-0.2, 0) is 61.0 Å². The van der Waals surface area contributed by atoms with Crippen molar-refractivity contribution in [3.63, 3.8) is 0 Å². The van der Waals surface area contributed by atoms with Crippen molar-refractivity contribution < 1.29 is 72.9 Å². The first kappa shape index (κ1) is 43.9. The third-order valence-electron chi connectivity index (χ3n) is 13.2. The smallest absolute Gasteiger partial charge is 0.748 e. The fraction of sp³-hybridized carbons (Fsp3) is 0.600. The Morgan fingerprint density at radius 1 is 0.684 bits per heavy atom. The van der Waals surface area contributed by atoms with Crippen molar-refractivity contribution in [2.45, 2.75) is 99.7 Å². The zero-order chi connectivity index (χ0) is 40.5. The molecule has 17 heteroatoms. The molecule has 0 saturated carbocycles. The Hall–Kier alpha value is -2.70. The predicted octanol–water partition coefficient (Wildman–Crippen LogP) is 2.28. The molecule has 4 aliphatic carbocycles. The molecular formula is C40H52FeN2O12S2. The minimum absolute atomic E-state index is 0. The monoisotopic (exact) mass is 872 g/mol. The number of likely N-dealkylation sites (tertiary alicyclic amines) is 2. The van der Waals surface area contributed by atoms with Gasteiger partial charge < -0.3 is 48.8 Å². The summed E-state index contributed by atoms with van der Waals surface area (Å²) in [7, 11) is -3.47. The SMILES string of the molecule is CCCS(=O)(=O)[O-].CCCS(=O)(=O)[O-].CN1CC[C@]23c4c5ccc(O)c4O[C@H]2[C@@H](O)C=C[C@H]3[C@H]1C5.CN1CC[C@]23c4c5ccc(O)c4O[C@H]2[C@@H](O)C=C[C@H]3[C@H]1C5.[Fe+2]. The first-order valence-corrected chi connectivity index (χ1v) is 22.6. The number of aromatic hydroxyl groups is 2. The van der Waals surface area contributed by atoms with Crippen LogP contribution < -0.4 is 9.47 Å². The van der Waals surface area contributed by atoms with Crippen LogP contribution in [-0.4, -0.2) is 131 Å². The van der Waals surface area contributed by atoms with E-state index < -0.39 is 32.4 Å². The van der Waals surface area contributed by atoms with Gasteiger partial charge in [0.15, 0.2) is 23.0 Å². The fourth-order valence-corrected chi connectivity index (χ4v) is 12.0. The molecule has 4 aliphatic heterocycles. The number of aliphatic hydroxyl groups is 2. The molecular weight excluding hydrogens is 820 g/mol. The number of hydrogen-bond donors (Lipinski definition) is 4. The number of phenolic OH excluding ortho intramolecular Hbond substituents is 2. The van der Waals surface area contributed by atoms with Crippen LogP contribution >= 0.6 is 0 Å². The number of piperidine rings is 2. The molecule has 2 fully saturated rings. The molecule has 2 aromatic carbocycles. The summed E-state index contributed by atoms with van der Waals surface area (Å²) in [6, 6.07) is 8.45. The molecule has 10 atom stereocenters. The van der Waals surface area contributed by atoms with Gasteiger partial charge in [-0.3, -0.25) is 0 Å². The van der Waals surface area contributed by atoms with Crippen LogP contribution in [0.2, 0.25) is 0 Å². The molecule has 0 unspecified atom stereocenters. The van der Waals surface area contributed by atoms with E-state index >= 15 is 0 Å². The zero-order valence-corrected chi connectivity index (χ0v) is 35.2. The van der Waals surface area contributed by atoms with Crippen molar-refractivity contribution in [3.05, 3.63) is 70.8 Å². The average molecular weight is 873 g/mol. The van der Waals surface area contributed by atoms with Crippen LogP contribution in [0, 0.1) is 11.8 Å². The van der Waals surface area contributed by atoms with Crippen molar-refractivity contribution in [2.75, 3.05) is 38.7 Å². The summed E-state index contributed by atoms with van der Waals surface area (Å²) in [6.45, 7) is 5.32. The third-order valence-corrected chi connectivity index (χ3v) is 15.0. The Labute approximate surface area is 345 Å². The zero-order valence-electron chi connectivity index (χ0n) is 32.4. The summed E-state index contributed by atoms with van der Waals surface area (Å²) in [6.07, 6.45) is 11.2. The maximum atomic E-state index is 10.4. The molecule has 57 heavy (non-hydrogen) atoms. The van der Waals surface area contributed by atoms with Gasteiger partial charge in [-0.1, -0.05) is 50.3 Å². The maximum absolute atomic E-state index is 10.4. The Kier molecular flexibility index (Phi) is 12.4. The number of nitrogens with zero attached hydrogens (tertiary/aromatic N) is 2. The Morgan fingerprint density at radius 3 is 1.37 bits per heavy atom. The predicted molar refractivity (Wildman–Crippen MR) is 205 cm³/mol. The van der Waals surface area contributed by atoms with E-state index in [4.69, 9.17) is 9.47 Å². The summed E-state index contributed by atoms with van der Waals surface area (Å²) < 4.78 is 70.2. The average Bonchev–Trinajstić information content (AvgIpc) is 3.67. The molecule has 2 saturated heterocycles. The van der Waals surface area contributed by atoms with Gasteiger partial charge in [0.2, 0.25) is 0 Å². The number of ether oxygens (including phenoxy) is 2. The van der Waals surface area contributed by atoms with Crippen molar-refractivity contribution in [1.82, 2.24) is 9.80 Å². The molecule has 0 amide bonds. The number of aliphatic hydroxyl groups excluding tert-OH is 2. The van der Waals surface area contributed by atoms with Crippen LogP contribution in [0.1, 0.15) is 61.8 Å². The van der Waals surface area contributed by atoms with E-state index in [1.54, 1.807) is 26.0 Å². The normalized spacial score (nSPS) is 34.2. The van der Waals surface area contributed by atoms with Gasteiger partial charge in [0.05, 0.1) is 20.2 Å². The molecule has 4 N–H and O–H groups in total. The molecule has 314 valence electrons. The molecule has 14 nitrogen and oxygen atoms in total. The maximum Gasteiger partial charge on any atom is 2.00 e. The van der Waals surface area contributed by atoms with E-state index in [1.807, 2.05) is 24.3 Å². The molecule has 8 aliphatic rings. The van der Waals surface area contributed by atoms with Gasteiger partial charge in [-0.15, -0.1) is 0 Å². The van der Waals surface area contributed by atoms with E-state index in [0.717, 1.165) is 38.8 Å². The Bertz CT molecular complexity index is 1980. The van der Waals surface area contributed by atoms with Crippen LogP contribution in [0.25, 0.3) is 0 Å².